The van der Waals surface area contributed by atoms with Crippen molar-refractivity contribution in [2.24, 2.45) is 5.73 Å². The van der Waals surface area contributed by atoms with E-state index in [0.29, 0.717) is 24.6 Å². The molecule has 2 heterocycles. The zero-order chi connectivity index (χ0) is 14.3. The number of nitrogens with two attached hydrogens (primary N) is 1. The molecular weight excluding hydrogens is 274 g/mol. The topological polar surface area (TPSA) is 78.1 Å². The minimum Gasteiger partial charge on any atom is -0.462 e. The van der Waals surface area contributed by atoms with Gasteiger partial charge in [0.2, 0.25) is 0 Å². The van der Waals surface area contributed by atoms with Crippen LogP contribution in [0.15, 0.2) is 0 Å². The molecule has 20 heavy (non-hydrogen) atoms. The smallest absolute Gasteiger partial charge is 0.340 e. The summed E-state index contributed by atoms with van der Waals surface area (Å²) in [6, 6.07) is 0. The number of carbonyl (C=O) groups is 1. The summed E-state index contributed by atoms with van der Waals surface area (Å²) in [6.07, 6.45) is 2.18. The van der Waals surface area contributed by atoms with E-state index in [0.717, 1.165) is 40.0 Å². The normalized spacial score (nSPS) is 14.8. The van der Waals surface area contributed by atoms with E-state index in [9.17, 15) is 4.79 Å². The molecule has 1 aliphatic carbocycles. The Kier molecular flexibility index (Phi) is 3.43. The molecule has 5 nitrogen and oxygen atoms in total. The van der Waals surface area contributed by atoms with Gasteiger partial charge in [-0.3, -0.25) is 0 Å². The van der Waals surface area contributed by atoms with Gasteiger partial charge in [0.15, 0.2) is 0 Å². The minimum atomic E-state index is -0.282. The van der Waals surface area contributed by atoms with Crippen molar-refractivity contribution < 1.29 is 9.53 Å². The van der Waals surface area contributed by atoms with E-state index in [1.807, 2.05) is 13.8 Å². The molecule has 3 rings (SSSR count). The highest BCUT2D eigenvalue weighted by Crippen LogP contribution is 2.43. The first-order valence-corrected chi connectivity index (χ1v) is 7.60. The quantitative estimate of drug-likeness (QED) is 0.876. The van der Waals surface area contributed by atoms with Gasteiger partial charge in [-0.25, -0.2) is 9.78 Å². The van der Waals surface area contributed by atoms with Crippen molar-refractivity contribution in [2.45, 2.75) is 39.2 Å². The van der Waals surface area contributed by atoms with Crippen LogP contribution in [0, 0.1) is 6.92 Å². The summed E-state index contributed by atoms with van der Waals surface area (Å²) in [4.78, 5) is 17.8. The highest BCUT2D eigenvalue weighted by atomic mass is 32.1. The van der Waals surface area contributed by atoms with Gasteiger partial charge >= 0.3 is 5.97 Å². The second-order valence-electron chi connectivity index (χ2n) is 5.01. The molecule has 0 amide bonds. The van der Waals surface area contributed by atoms with Gasteiger partial charge in [0.1, 0.15) is 4.83 Å². The maximum absolute atomic E-state index is 12.3. The van der Waals surface area contributed by atoms with Crippen molar-refractivity contribution in [3.63, 3.8) is 0 Å². The summed E-state index contributed by atoms with van der Waals surface area (Å²) in [6.45, 7) is 4.47. The Bertz CT molecular complexity index is 677. The Labute approximate surface area is 121 Å². The number of rotatable bonds is 4. The Morgan fingerprint density at radius 1 is 1.50 bits per heavy atom. The highest BCUT2D eigenvalue weighted by molar-refractivity contribution is 7.13. The van der Waals surface area contributed by atoms with Crippen LogP contribution in [0.5, 0.6) is 0 Å². The number of aromatic nitrogens is 2. The summed E-state index contributed by atoms with van der Waals surface area (Å²) in [5.41, 5.74) is 8.94. The van der Waals surface area contributed by atoms with Crippen molar-refractivity contribution in [3.05, 3.63) is 22.5 Å². The summed E-state index contributed by atoms with van der Waals surface area (Å²) < 4.78 is 9.54. The van der Waals surface area contributed by atoms with Gasteiger partial charge in [-0.2, -0.15) is 4.37 Å². The number of aryl methyl sites for hydroxylation is 1. The van der Waals surface area contributed by atoms with Crippen LogP contribution in [-0.4, -0.2) is 21.9 Å². The molecule has 1 saturated carbocycles. The van der Waals surface area contributed by atoms with E-state index in [1.165, 1.54) is 11.5 Å². The molecule has 2 aromatic heterocycles. The van der Waals surface area contributed by atoms with Gasteiger partial charge in [0.25, 0.3) is 0 Å². The number of hydrogen-bond acceptors (Lipinski definition) is 6. The molecule has 2 aromatic rings. The lowest BCUT2D eigenvalue weighted by Crippen LogP contribution is -2.12. The molecule has 0 atom stereocenters. The van der Waals surface area contributed by atoms with Crippen LogP contribution < -0.4 is 5.73 Å². The molecule has 106 valence electrons. The van der Waals surface area contributed by atoms with Crippen molar-refractivity contribution >= 4 is 27.7 Å². The van der Waals surface area contributed by atoms with Gasteiger partial charge < -0.3 is 10.5 Å². The molecule has 6 heteroatoms. The fourth-order valence-corrected chi connectivity index (χ4v) is 3.36. The van der Waals surface area contributed by atoms with Crippen molar-refractivity contribution in [3.8, 4) is 0 Å². The first-order chi connectivity index (χ1) is 9.67. The number of fused-ring (bicyclic) bond motifs is 1. The molecule has 0 bridgehead atoms. The van der Waals surface area contributed by atoms with Crippen LogP contribution in [0.25, 0.3) is 10.2 Å². The van der Waals surface area contributed by atoms with Gasteiger partial charge in [0.05, 0.1) is 23.6 Å². The minimum absolute atomic E-state index is 0.282. The molecule has 2 N–H and O–H groups in total. The zero-order valence-electron chi connectivity index (χ0n) is 11.6. The molecule has 0 aliphatic heterocycles. The second kappa shape index (κ2) is 5.10. The molecule has 0 saturated heterocycles. The first-order valence-electron chi connectivity index (χ1n) is 6.83. The molecule has 1 aliphatic rings. The monoisotopic (exact) mass is 291 g/mol. The van der Waals surface area contributed by atoms with Crippen molar-refractivity contribution in [1.82, 2.24) is 9.36 Å². The number of nitrogens with zero attached hydrogens (tertiary/aromatic N) is 2. The number of hydrogen-bond donors (Lipinski definition) is 1. The number of carbonyl (C=O) groups excluding carboxylic acids is 1. The fraction of sp³-hybridized carbons (Fsp3) is 0.500. The van der Waals surface area contributed by atoms with Gasteiger partial charge in [0, 0.05) is 17.8 Å². The third kappa shape index (κ3) is 2.09. The predicted molar refractivity (Wildman–Crippen MR) is 78.0 cm³/mol. The van der Waals surface area contributed by atoms with E-state index < -0.39 is 0 Å². The molecule has 0 spiro atoms. The average molecular weight is 291 g/mol. The second-order valence-corrected chi connectivity index (χ2v) is 5.76. The molecule has 0 radical (unpaired) electrons. The van der Waals surface area contributed by atoms with Crippen LogP contribution in [0.4, 0.5) is 0 Å². The lowest BCUT2D eigenvalue weighted by Gasteiger charge is -2.11. The average Bonchev–Trinajstić information content (AvgIpc) is 3.19. The Balaban J connectivity index is 2.25. The maximum atomic E-state index is 12.3. The molecule has 0 aromatic carbocycles. The van der Waals surface area contributed by atoms with Gasteiger partial charge in [-0.15, -0.1) is 0 Å². The molecule has 1 fully saturated rings. The summed E-state index contributed by atoms with van der Waals surface area (Å²) in [5.74, 6) is 0.108. The predicted octanol–water partition coefficient (Wildman–Crippen LogP) is 2.51. The van der Waals surface area contributed by atoms with E-state index in [1.54, 1.807) is 0 Å². The van der Waals surface area contributed by atoms with Gasteiger partial charge in [-0.05, 0) is 43.8 Å². The van der Waals surface area contributed by atoms with Gasteiger partial charge in [-0.1, -0.05) is 0 Å². The molecule has 0 unspecified atom stereocenters. The lowest BCUT2D eigenvalue weighted by atomic mass is 10.0. The third-order valence-corrected chi connectivity index (χ3v) is 4.39. The van der Waals surface area contributed by atoms with Crippen molar-refractivity contribution in [2.75, 3.05) is 6.61 Å². The fourth-order valence-electron chi connectivity index (χ4n) is 2.50. The van der Waals surface area contributed by atoms with Crippen LogP contribution in [0.1, 0.15) is 53.0 Å². The number of pyridine rings is 1. The molecular formula is C14H17N3O2S. The summed E-state index contributed by atoms with van der Waals surface area (Å²) in [5, 5.41) is 0.921. The SMILES string of the molecule is CCOC(=O)c1c(C2CC2)nc2snc(CN)c2c1C. The Morgan fingerprint density at radius 2 is 2.25 bits per heavy atom. The summed E-state index contributed by atoms with van der Waals surface area (Å²) >= 11 is 1.35. The first kappa shape index (κ1) is 13.5. The lowest BCUT2D eigenvalue weighted by molar-refractivity contribution is 0.0524. The third-order valence-electron chi connectivity index (χ3n) is 3.61. The highest BCUT2D eigenvalue weighted by Gasteiger charge is 2.33. The van der Waals surface area contributed by atoms with Crippen LogP contribution in [0.3, 0.4) is 0 Å². The van der Waals surface area contributed by atoms with Crippen LogP contribution >= 0.6 is 11.5 Å². The Morgan fingerprint density at radius 3 is 2.85 bits per heavy atom. The van der Waals surface area contributed by atoms with E-state index in [-0.39, 0.29) is 5.97 Å². The number of ether oxygens (including phenoxy) is 1. The van der Waals surface area contributed by atoms with Crippen LogP contribution in [-0.2, 0) is 11.3 Å². The maximum Gasteiger partial charge on any atom is 0.340 e. The van der Waals surface area contributed by atoms with E-state index >= 15 is 0 Å². The zero-order valence-corrected chi connectivity index (χ0v) is 12.4. The Hall–Kier alpha value is -1.53. The van der Waals surface area contributed by atoms with Crippen molar-refractivity contribution in [1.29, 1.82) is 0 Å². The largest absolute Gasteiger partial charge is 0.462 e. The van der Waals surface area contributed by atoms with E-state index in [4.69, 9.17) is 10.5 Å². The van der Waals surface area contributed by atoms with Crippen LogP contribution in [0.2, 0.25) is 0 Å². The standard InChI is InChI=1S/C14H17N3O2S/c1-3-19-14(18)11-7(2)10-9(6-15)17-20-13(10)16-12(11)8-4-5-8/h8H,3-6,15H2,1-2H3. The van der Waals surface area contributed by atoms with E-state index in [2.05, 4.69) is 9.36 Å². The summed E-state index contributed by atoms with van der Waals surface area (Å²) in [7, 11) is 0. The number of esters is 1.